The van der Waals surface area contributed by atoms with Crippen LogP contribution in [0.15, 0.2) is 18.5 Å². The van der Waals surface area contributed by atoms with Gasteiger partial charge in [-0.15, -0.1) is 0 Å². The Kier molecular flexibility index (Phi) is 5.20. The summed E-state index contributed by atoms with van der Waals surface area (Å²) in [5.41, 5.74) is 0. The van der Waals surface area contributed by atoms with E-state index in [1.165, 1.54) is 19.3 Å². The number of nitrogens with one attached hydrogen (secondary N) is 2. The smallest absolute Gasteiger partial charge is 0.234 e. The Hall–Kier alpha value is -1.36. The predicted octanol–water partition coefficient (Wildman–Crippen LogP) is 0.922. The van der Waals surface area contributed by atoms with Crippen LogP contribution >= 0.6 is 0 Å². The molecule has 0 unspecified atom stereocenters. The third kappa shape index (κ3) is 4.49. The second-order valence-corrected chi connectivity index (χ2v) is 4.85. The Morgan fingerprint density at radius 1 is 1.33 bits per heavy atom. The minimum atomic E-state index is 0.113. The van der Waals surface area contributed by atoms with Gasteiger partial charge in [0.25, 0.3) is 0 Å². The molecule has 0 spiro atoms. The van der Waals surface area contributed by atoms with Gasteiger partial charge in [-0.05, 0) is 18.9 Å². The van der Waals surface area contributed by atoms with Gasteiger partial charge in [0.15, 0.2) is 0 Å². The molecular formula is C13H22N4O. The zero-order chi connectivity index (χ0) is 12.6. The number of nitrogens with zero attached hydrogens (tertiary/aromatic N) is 2. The molecule has 1 amide bonds. The Labute approximate surface area is 108 Å². The van der Waals surface area contributed by atoms with E-state index in [2.05, 4.69) is 15.7 Å². The summed E-state index contributed by atoms with van der Waals surface area (Å²) in [6, 6.07) is 2.30. The molecule has 1 fully saturated rings. The summed E-state index contributed by atoms with van der Waals surface area (Å²) < 4.78 is 1.85. The van der Waals surface area contributed by atoms with Gasteiger partial charge in [0, 0.05) is 25.0 Å². The molecule has 18 heavy (non-hydrogen) atoms. The highest BCUT2D eigenvalue weighted by Crippen LogP contribution is 2.16. The largest absolute Gasteiger partial charge is 0.352 e. The van der Waals surface area contributed by atoms with Gasteiger partial charge in [-0.1, -0.05) is 19.3 Å². The Morgan fingerprint density at radius 3 is 2.89 bits per heavy atom. The van der Waals surface area contributed by atoms with Crippen LogP contribution in [0.25, 0.3) is 0 Å². The number of carbonyl (C=O) groups is 1. The van der Waals surface area contributed by atoms with E-state index in [0.717, 1.165) is 25.9 Å². The highest BCUT2D eigenvalue weighted by Gasteiger charge is 2.14. The Morgan fingerprint density at radius 2 is 2.17 bits per heavy atom. The summed E-state index contributed by atoms with van der Waals surface area (Å²) in [7, 11) is 0. The van der Waals surface area contributed by atoms with Crippen LogP contribution in [-0.2, 0) is 11.3 Å². The van der Waals surface area contributed by atoms with Crippen LogP contribution in [-0.4, -0.2) is 34.8 Å². The average Bonchev–Trinajstić information content (AvgIpc) is 2.89. The van der Waals surface area contributed by atoms with Gasteiger partial charge in [-0.25, -0.2) is 0 Å². The van der Waals surface area contributed by atoms with Gasteiger partial charge < -0.3 is 10.6 Å². The molecule has 5 nitrogen and oxygen atoms in total. The summed E-state index contributed by atoms with van der Waals surface area (Å²) in [6.45, 7) is 1.96. The number of amides is 1. The maximum atomic E-state index is 11.7. The molecule has 2 N–H and O–H groups in total. The van der Waals surface area contributed by atoms with Crippen LogP contribution in [0.5, 0.6) is 0 Å². The standard InChI is InChI=1S/C13H22N4O/c18-13(16-12-5-2-1-3-6-12)11-14-8-10-17-9-4-7-15-17/h4,7,9,12,14H,1-3,5-6,8,10-11H2,(H,16,18). The van der Waals surface area contributed by atoms with Gasteiger partial charge in [0.05, 0.1) is 13.1 Å². The maximum Gasteiger partial charge on any atom is 0.234 e. The van der Waals surface area contributed by atoms with E-state index in [9.17, 15) is 4.79 Å². The highest BCUT2D eigenvalue weighted by atomic mass is 16.1. The average molecular weight is 250 g/mol. The second-order valence-electron chi connectivity index (χ2n) is 4.85. The number of rotatable bonds is 6. The topological polar surface area (TPSA) is 59.0 Å². The molecule has 0 aromatic carbocycles. The molecule has 0 aliphatic heterocycles. The van der Waals surface area contributed by atoms with Crippen molar-refractivity contribution >= 4 is 5.91 Å². The van der Waals surface area contributed by atoms with Crippen molar-refractivity contribution in [1.29, 1.82) is 0 Å². The van der Waals surface area contributed by atoms with Gasteiger partial charge in [0.1, 0.15) is 0 Å². The van der Waals surface area contributed by atoms with Crippen molar-refractivity contribution in [3.05, 3.63) is 18.5 Å². The predicted molar refractivity (Wildman–Crippen MR) is 70.1 cm³/mol. The van der Waals surface area contributed by atoms with Gasteiger partial charge in [-0.2, -0.15) is 5.10 Å². The lowest BCUT2D eigenvalue weighted by atomic mass is 9.95. The third-order valence-electron chi connectivity index (χ3n) is 3.33. The fraction of sp³-hybridized carbons (Fsp3) is 0.692. The van der Waals surface area contributed by atoms with Crippen LogP contribution in [0.4, 0.5) is 0 Å². The molecule has 0 radical (unpaired) electrons. The molecule has 1 aromatic rings. The fourth-order valence-corrected chi connectivity index (χ4v) is 2.35. The van der Waals surface area contributed by atoms with Crippen molar-refractivity contribution in [2.75, 3.05) is 13.1 Å². The molecule has 100 valence electrons. The number of hydrogen-bond donors (Lipinski definition) is 2. The molecule has 0 saturated heterocycles. The second kappa shape index (κ2) is 7.16. The van der Waals surface area contributed by atoms with Crippen molar-refractivity contribution in [3.8, 4) is 0 Å². The van der Waals surface area contributed by atoms with E-state index in [1.54, 1.807) is 6.20 Å². The summed E-state index contributed by atoms with van der Waals surface area (Å²) in [5, 5.41) is 10.3. The lowest BCUT2D eigenvalue weighted by Gasteiger charge is -2.22. The summed E-state index contributed by atoms with van der Waals surface area (Å²) >= 11 is 0. The first kappa shape index (κ1) is 13.1. The summed E-state index contributed by atoms with van der Waals surface area (Å²) in [4.78, 5) is 11.7. The van der Waals surface area contributed by atoms with Crippen LogP contribution in [0, 0.1) is 0 Å². The molecule has 1 saturated carbocycles. The van der Waals surface area contributed by atoms with Gasteiger partial charge in [0.2, 0.25) is 5.91 Å². The molecular weight excluding hydrogens is 228 g/mol. The van der Waals surface area contributed by atoms with Crippen LogP contribution in [0.1, 0.15) is 32.1 Å². The Bertz CT molecular complexity index is 344. The lowest BCUT2D eigenvalue weighted by Crippen LogP contribution is -2.41. The van der Waals surface area contributed by atoms with E-state index < -0.39 is 0 Å². The molecule has 0 atom stereocenters. The van der Waals surface area contributed by atoms with Crippen molar-refractivity contribution < 1.29 is 4.79 Å². The maximum absolute atomic E-state index is 11.7. The summed E-state index contributed by atoms with van der Waals surface area (Å²) in [5.74, 6) is 0.113. The minimum absolute atomic E-state index is 0.113. The van der Waals surface area contributed by atoms with Gasteiger partial charge >= 0.3 is 0 Å². The molecule has 1 aliphatic carbocycles. The lowest BCUT2D eigenvalue weighted by molar-refractivity contribution is -0.121. The molecule has 1 aliphatic rings. The van der Waals surface area contributed by atoms with Crippen molar-refractivity contribution in [1.82, 2.24) is 20.4 Å². The van der Waals surface area contributed by atoms with Crippen LogP contribution < -0.4 is 10.6 Å². The van der Waals surface area contributed by atoms with E-state index in [0.29, 0.717) is 12.6 Å². The normalized spacial score (nSPS) is 16.7. The molecule has 0 bridgehead atoms. The molecule has 1 aromatic heterocycles. The first-order chi connectivity index (χ1) is 8.84. The Balaban J connectivity index is 1.54. The van der Waals surface area contributed by atoms with E-state index in [4.69, 9.17) is 0 Å². The molecule has 1 heterocycles. The third-order valence-corrected chi connectivity index (χ3v) is 3.33. The van der Waals surface area contributed by atoms with Crippen LogP contribution in [0.2, 0.25) is 0 Å². The first-order valence-electron chi connectivity index (χ1n) is 6.82. The molecule has 2 rings (SSSR count). The monoisotopic (exact) mass is 250 g/mol. The molecule has 5 heteroatoms. The van der Waals surface area contributed by atoms with Crippen molar-refractivity contribution in [3.63, 3.8) is 0 Å². The van der Waals surface area contributed by atoms with Gasteiger partial charge in [-0.3, -0.25) is 9.48 Å². The minimum Gasteiger partial charge on any atom is -0.352 e. The quantitative estimate of drug-likeness (QED) is 0.738. The zero-order valence-corrected chi connectivity index (χ0v) is 10.8. The highest BCUT2D eigenvalue weighted by molar-refractivity contribution is 5.78. The zero-order valence-electron chi connectivity index (χ0n) is 10.8. The summed E-state index contributed by atoms with van der Waals surface area (Å²) in [6.07, 6.45) is 9.77. The number of carbonyl (C=O) groups excluding carboxylic acids is 1. The van der Waals surface area contributed by atoms with Crippen molar-refractivity contribution in [2.45, 2.75) is 44.7 Å². The van der Waals surface area contributed by atoms with E-state index in [-0.39, 0.29) is 5.91 Å². The van der Waals surface area contributed by atoms with Crippen molar-refractivity contribution in [2.24, 2.45) is 0 Å². The SMILES string of the molecule is O=C(CNCCn1cccn1)NC1CCCCC1. The van der Waals surface area contributed by atoms with E-state index in [1.807, 2.05) is 16.9 Å². The van der Waals surface area contributed by atoms with Crippen LogP contribution in [0.3, 0.4) is 0 Å². The van der Waals surface area contributed by atoms with E-state index >= 15 is 0 Å². The number of hydrogen-bond acceptors (Lipinski definition) is 3. The fourth-order valence-electron chi connectivity index (χ4n) is 2.35. The number of aromatic nitrogens is 2. The first-order valence-corrected chi connectivity index (χ1v) is 6.82.